The largest absolute Gasteiger partial charge is 0.502 e. The van der Waals surface area contributed by atoms with Crippen molar-refractivity contribution in [2.75, 3.05) is 5.43 Å². The molecule has 0 atom stereocenters. The molecular weight excluding hydrogens is 396 g/mol. The van der Waals surface area contributed by atoms with Gasteiger partial charge in [-0.15, -0.1) is 0 Å². The number of aromatic carboxylic acids is 1. The molecule has 0 aliphatic rings. The molecule has 0 unspecified atom stereocenters. The van der Waals surface area contributed by atoms with Crippen LogP contribution in [0.25, 0.3) is 0 Å². The number of aromatic nitrogens is 1. The molecule has 150 valence electrons. The smallest absolute Gasteiger partial charge is 0.358 e. The van der Waals surface area contributed by atoms with Gasteiger partial charge in [-0.2, -0.15) is 0 Å². The van der Waals surface area contributed by atoms with E-state index in [1.807, 2.05) is 0 Å². The molecule has 0 aliphatic carbocycles. The van der Waals surface area contributed by atoms with Crippen LogP contribution in [0.1, 0.15) is 27.7 Å². The van der Waals surface area contributed by atoms with Crippen molar-refractivity contribution in [3.8, 4) is 5.75 Å². The van der Waals surface area contributed by atoms with Crippen LogP contribution in [0.5, 0.6) is 5.75 Å². The summed E-state index contributed by atoms with van der Waals surface area (Å²) in [7, 11) is 0. The van der Waals surface area contributed by atoms with Crippen molar-refractivity contribution in [1.29, 1.82) is 0 Å². The molecular formula is C19H12F4N2O4. The third-order valence-electron chi connectivity index (χ3n) is 4.10. The maximum Gasteiger partial charge on any atom is 0.358 e. The number of hydrogen-bond acceptors (Lipinski definition) is 4. The topological polar surface area (TPSA) is 91.6 Å². The Kier molecular flexibility index (Phi) is 5.26. The Hall–Kier alpha value is -3.82. The number of benzene rings is 2. The van der Waals surface area contributed by atoms with E-state index in [0.29, 0.717) is 0 Å². The first-order valence-corrected chi connectivity index (χ1v) is 8.03. The summed E-state index contributed by atoms with van der Waals surface area (Å²) in [5, 5.41) is 19.1. The van der Waals surface area contributed by atoms with Crippen molar-refractivity contribution in [1.82, 2.24) is 4.68 Å². The first kappa shape index (κ1) is 19.9. The summed E-state index contributed by atoms with van der Waals surface area (Å²) in [5.41, 5.74) is 0.845. The van der Waals surface area contributed by atoms with Crippen LogP contribution in [-0.2, 0) is 0 Å². The summed E-state index contributed by atoms with van der Waals surface area (Å²) in [6.45, 7) is 0. The Morgan fingerprint density at radius 3 is 1.86 bits per heavy atom. The molecule has 29 heavy (non-hydrogen) atoms. The van der Waals surface area contributed by atoms with E-state index in [0.717, 1.165) is 53.3 Å². The Morgan fingerprint density at radius 2 is 1.41 bits per heavy atom. The van der Waals surface area contributed by atoms with Crippen molar-refractivity contribution in [3.05, 3.63) is 99.0 Å². The molecule has 0 saturated heterocycles. The molecule has 0 amide bonds. The summed E-state index contributed by atoms with van der Waals surface area (Å²) in [4.78, 5) is 23.0. The Bertz CT molecular complexity index is 1110. The minimum atomic E-state index is -1.66. The zero-order valence-corrected chi connectivity index (χ0v) is 14.4. The zero-order valence-electron chi connectivity index (χ0n) is 14.4. The molecule has 0 spiro atoms. The number of rotatable bonds is 5. The highest BCUT2D eigenvalue weighted by Gasteiger charge is 2.23. The van der Waals surface area contributed by atoms with Gasteiger partial charge in [0.1, 0.15) is 0 Å². The molecule has 10 heteroatoms. The average Bonchev–Trinajstić information content (AvgIpc) is 2.67. The predicted octanol–water partition coefficient (Wildman–Crippen LogP) is 3.14. The van der Waals surface area contributed by atoms with E-state index >= 15 is 0 Å². The predicted molar refractivity (Wildman–Crippen MR) is 93.2 cm³/mol. The van der Waals surface area contributed by atoms with Crippen molar-refractivity contribution in [2.24, 2.45) is 0 Å². The van der Waals surface area contributed by atoms with Gasteiger partial charge >= 0.3 is 5.97 Å². The standard InChI is InChI=1S/C19H12F4N2O4/c20-11-3-1-9(7-13(11)22)16(10-2-4-12(21)14(23)8-10)24-25-6-5-15(26)18(27)17(25)19(28)29/h1-8,16,24,27H,(H,28,29). The maximum absolute atomic E-state index is 13.7. The quantitative estimate of drug-likeness (QED) is 0.565. The van der Waals surface area contributed by atoms with Crippen molar-refractivity contribution in [2.45, 2.75) is 6.04 Å². The number of carboxylic acid groups (broad SMARTS) is 1. The number of aromatic hydroxyl groups is 1. The normalized spacial score (nSPS) is 10.9. The fourth-order valence-corrected chi connectivity index (χ4v) is 2.70. The van der Waals surface area contributed by atoms with Crippen LogP contribution in [0.3, 0.4) is 0 Å². The lowest BCUT2D eigenvalue weighted by Crippen LogP contribution is -2.28. The van der Waals surface area contributed by atoms with Gasteiger partial charge in [-0.1, -0.05) is 12.1 Å². The molecule has 1 aromatic heterocycles. The summed E-state index contributed by atoms with van der Waals surface area (Å²) < 4.78 is 54.9. The van der Waals surface area contributed by atoms with Gasteiger partial charge in [0, 0.05) is 12.3 Å². The highest BCUT2D eigenvalue weighted by Crippen LogP contribution is 2.27. The van der Waals surface area contributed by atoms with Gasteiger partial charge in [-0.3, -0.25) is 9.47 Å². The summed E-state index contributed by atoms with van der Waals surface area (Å²) >= 11 is 0. The second kappa shape index (κ2) is 7.66. The van der Waals surface area contributed by atoms with E-state index < -0.39 is 52.2 Å². The van der Waals surface area contributed by atoms with Crippen LogP contribution in [0.2, 0.25) is 0 Å². The minimum absolute atomic E-state index is 0.0319. The molecule has 3 rings (SSSR count). The van der Waals surface area contributed by atoms with E-state index in [1.165, 1.54) is 0 Å². The first-order valence-electron chi connectivity index (χ1n) is 8.03. The van der Waals surface area contributed by atoms with Crippen molar-refractivity contribution < 1.29 is 32.6 Å². The van der Waals surface area contributed by atoms with Gasteiger partial charge in [0.2, 0.25) is 5.43 Å². The lowest BCUT2D eigenvalue weighted by Gasteiger charge is -2.24. The number of nitrogens with one attached hydrogen (secondary N) is 1. The van der Waals surface area contributed by atoms with E-state index in [-0.39, 0.29) is 11.1 Å². The third-order valence-corrected chi connectivity index (χ3v) is 4.10. The fourth-order valence-electron chi connectivity index (χ4n) is 2.70. The Labute approximate surface area is 160 Å². The number of carboxylic acids is 1. The van der Waals surface area contributed by atoms with Gasteiger partial charge in [0.15, 0.2) is 34.7 Å². The average molecular weight is 408 g/mol. The van der Waals surface area contributed by atoms with E-state index in [1.54, 1.807) is 0 Å². The van der Waals surface area contributed by atoms with Crippen molar-refractivity contribution in [3.63, 3.8) is 0 Å². The van der Waals surface area contributed by atoms with E-state index in [9.17, 15) is 37.4 Å². The van der Waals surface area contributed by atoms with Crippen molar-refractivity contribution >= 4 is 5.97 Å². The van der Waals surface area contributed by atoms with Gasteiger partial charge < -0.3 is 15.6 Å². The van der Waals surface area contributed by atoms with Gasteiger partial charge in [-0.05, 0) is 35.4 Å². The zero-order chi connectivity index (χ0) is 21.3. The summed E-state index contributed by atoms with van der Waals surface area (Å²) in [6, 6.07) is 5.15. The SMILES string of the molecule is O=C(O)c1c(O)c(=O)ccn1NC(c1ccc(F)c(F)c1)c1ccc(F)c(F)c1. The molecule has 1 heterocycles. The molecule has 0 radical (unpaired) electrons. The van der Waals surface area contributed by atoms with Gasteiger partial charge in [0.25, 0.3) is 0 Å². The first-order chi connectivity index (χ1) is 13.7. The maximum atomic E-state index is 13.7. The second-order valence-corrected chi connectivity index (χ2v) is 5.96. The highest BCUT2D eigenvalue weighted by atomic mass is 19.2. The molecule has 0 bridgehead atoms. The lowest BCUT2D eigenvalue weighted by atomic mass is 9.99. The van der Waals surface area contributed by atoms with Crippen LogP contribution in [0.15, 0.2) is 53.5 Å². The van der Waals surface area contributed by atoms with Gasteiger partial charge in [0.05, 0.1) is 6.04 Å². The molecule has 0 saturated carbocycles. The van der Waals surface area contributed by atoms with E-state index in [4.69, 9.17) is 0 Å². The summed E-state index contributed by atoms with van der Waals surface area (Å²) in [6.07, 6.45) is 0.984. The number of carbonyl (C=O) groups is 1. The highest BCUT2D eigenvalue weighted by molar-refractivity contribution is 5.88. The van der Waals surface area contributed by atoms with Crippen LogP contribution >= 0.6 is 0 Å². The number of pyridine rings is 1. The minimum Gasteiger partial charge on any atom is -0.502 e. The Morgan fingerprint density at radius 1 is 0.897 bits per heavy atom. The molecule has 0 aliphatic heterocycles. The van der Waals surface area contributed by atoms with Crippen LogP contribution < -0.4 is 10.9 Å². The Balaban J connectivity index is 2.17. The van der Waals surface area contributed by atoms with Crippen LogP contribution in [0, 0.1) is 23.3 Å². The monoisotopic (exact) mass is 408 g/mol. The molecule has 2 aromatic carbocycles. The molecule has 3 N–H and O–H groups in total. The number of nitrogens with zero attached hydrogens (tertiary/aromatic N) is 1. The van der Waals surface area contributed by atoms with Crippen LogP contribution in [-0.4, -0.2) is 20.9 Å². The third kappa shape index (κ3) is 3.91. The molecule has 0 fully saturated rings. The van der Waals surface area contributed by atoms with Gasteiger partial charge in [-0.25, -0.2) is 22.4 Å². The van der Waals surface area contributed by atoms with E-state index in [2.05, 4.69) is 5.43 Å². The number of hydrogen-bond donors (Lipinski definition) is 3. The van der Waals surface area contributed by atoms with Crippen LogP contribution in [0.4, 0.5) is 17.6 Å². The molecule has 6 nitrogen and oxygen atoms in total. The fraction of sp³-hybridized carbons (Fsp3) is 0.0526. The second-order valence-electron chi connectivity index (χ2n) is 5.96. The summed E-state index contributed by atoms with van der Waals surface area (Å²) in [5.74, 6) is -7.48. The number of halogens is 4. The molecule has 3 aromatic rings. The lowest BCUT2D eigenvalue weighted by molar-refractivity contribution is 0.0681.